The number of hydrogen-bond acceptors (Lipinski definition) is 2. The van der Waals surface area contributed by atoms with E-state index in [0.717, 1.165) is 44.3 Å². The molecule has 1 saturated carbocycles. The predicted octanol–water partition coefficient (Wildman–Crippen LogP) is 4.42. The average Bonchev–Trinajstić information content (AvgIpc) is 2.44. The molecule has 0 aromatic heterocycles. The predicted molar refractivity (Wildman–Crippen MR) is 102 cm³/mol. The maximum atomic E-state index is 13.3. The Bertz CT molecular complexity index is 629. The Morgan fingerprint density at radius 1 is 1.25 bits per heavy atom. The van der Waals surface area contributed by atoms with Crippen molar-refractivity contribution in [3.8, 4) is 0 Å². The summed E-state index contributed by atoms with van der Waals surface area (Å²) in [5.74, 6) is 0.224. The molecule has 1 aromatic carbocycles. The third-order valence-electron chi connectivity index (χ3n) is 5.69. The smallest absolute Gasteiger partial charge is 0.233 e. The fourth-order valence-corrected chi connectivity index (χ4v) is 4.10. The van der Waals surface area contributed by atoms with Gasteiger partial charge in [-0.25, -0.2) is 0 Å². The van der Waals surface area contributed by atoms with E-state index in [4.69, 9.17) is 28.9 Å². The standard InChI is InChI=1S/C18H24Cl2N2O.ClH/c1-17(2)11-22(9-6-15(17)21)16(23)18(7-3-8-18)12-4-5-13(19)14(20)10-12;/h4-5,10,15H,3,6-9,11,21H2,1-2H3;1H. The number of benzene rings is 1. The first-order valence-electron chi connectivity index (χ1n) is 8.27. The van der Waals surface area contributed by atoms with Crippen molar-refractivity contribution in [1.29, 1.82) is 0 Å². The Labute approximate surface area is 160 Å². The molecule has 0 spiro atoms. The van der Waals surface area contributed by atoms with E-state index in [2.05, 4.69) is 13.8 Å². The molecule has 1 aliphatic carbocycles. The van der Waals surface area contributed by atoms with Crippen LogP contribution in [0.2, 0.25) is 10.0 Å². The summed E-state index contributed by atoms with van der Waals surface area (Å²) in [6.07, 6.45) is 3.69. The van der Waals surface area contributed by atoms with Gasteiger partial charge in [-0.2, -0.15) is 0 Å². The zero-order valence-electron chi connectivity index (χ0n) is 14.1. The van der Waals surface area contributed by atoms with Crippen molar-refractivity contribution in [3.63, 3.8) is 0 Å². The van der Waals surface area contributed by atoms with Crippen LogP contribution >= 0.6 is 35.6 Å². The van der Waals surface area contributed by atoms with Gasteiger partial charge < -0.3 is 10.6 Å². The quantitative estimate of drug-likeness (QED) is 0.811. The van der Waals surface area contributed by atoms with Crippen LogP contribution in [0.1, 0.15) is 45.1 Å². The number of hydrogen-bond donors (Lipinski definition) is 1. The SMILES string of the molecule is CC1(C)CN(C(=O)C2(c3ccc(Cl)c(Cl)c3)CCC2)CCC1N.Cl. The molecule has 1 atom stereocenters. The minimum Gasteiger partial charge on any atom is -0.341 e. The van der Waals surface area contributed by atoms with Gasteiger partial charge in [-0.1, -0.05) is 49.5 Å². The Morgan fingerprint density at radius 2 is 1.92 bits per heavy atom. The molecule has 6 heteroatoms. The van der Waals surface area contributed by atoms with Crippen molar-refractivity contribution in [3.05, 3.63) is 33.8 Å². The summed E-state index contributed by atoms with van der Waals surface area (Å²) >= 11 is 12.2. The Morgan fingerprint density at radius 3 is 2.42 bits per heavy atom. The molecular weight excluding hydrogens is 367 g/mol. The second-order valence-electron chi connectivity index (χ2n) is 7.68. The van der Waals surface area contributed by atoms with Crippen molar-refractivity contribution in [2.24, 2.45) is 11.1 Å². The van der Waals surface area contributed by atoms with Gasteiger partial charge in [-0.05, 0) is 42.4 Å². The third kappa shape index (κ3) is 3.29. The highest BCUT2D eigenvalue weighted by atomic mass is 35.5. The van der Waals surface area contributed by atoms with Crippen molar-refractivity contribution in [2.45, 2.75) is 51.0 Å². The molecule has 1 heterocycles. The van der Waals surface area contributed by atoms with Gasteiger partial charge in [0.05, 0.1) is 15.5 Å². The topological polar surface area (TPSA) is 46.3 Å². The van der Waals surface area contributed by atoms with E-state index in [1.54, 1.807) is 6.07 Å². The molecule has 1 amide bonds. The van der Waals surface area contributed by atoms with Gasteiger partial charge in [-0.15, -0.1) is 12.4 Å². The van der Waals surface area contributed by atoms with E-state index in [-0.39, 0.29) is 29.8 Å². The largest absolute Gasteiger partial charge is 0.341 e. The minimum atomic E-state index is -0.425. The molecule has 134 valence electrons. The number of carbonyl (C=O) groups is 1. The van der Waals surface area contributed by atoms with Crippen LogP contribution in [0.5, 0.6) is 0 Å². The first-order valence-corrected chi connectivity index (χ1v) is 9.02. The van der Waals surface area contributed by atoms with Crippen molar-refractivity contribution in [2.75, 3.05) is 13.1 Å². The molecular formula is C18H25Cl3N2O. The number of amides is 1. The van der Waals surface area contributed by atoms with Crippen molar-refractivity contribution < 1.29 is 4.79 Å². The molecule has 1 unspecified atom stereocenters. The molecule has 2 N–H and O–H groups in total. The van der Waals surface area contributed by atoms with Crippen LogP contribution in [0.3, 0.4) is 0 Å². The number of rotatable bonds is 2. The number of nitrogens with zero attached hydrogens (tertiary/aromatic N) is 1. The fourth-order valence-electron chi connectivity index (χ4n) is 3.80. The second kappa shape index (κ2) is 7.03. The van der Waals surface area contributed by atoms with E-state index >= 15 is 0 Å². The first kappa shape index (κ1) is 19.8. The number of halogens is 3. The number of likely N-dealkylation sites (tertiary alicyclic amines) is 1. The summed E-state index contributed by atoms with van der Waals surface area (Å²) in [6.45, 7) is 5.75. The molecule has 1 aliphatic heterocycles. The van der Waals surface area contributed by atoms with Crippen molar-refractivity contribution in [1.82, 2.24) is 4.90 Å². The summed E-state index contributed by atoms with van der Waals surface area (Å²) in [4.78, 5) is 15.3. The number of piperidine rings is 1. The summed E-state index contributed by atoms with van der Waals surface area (Å²) in [5, 5.41) is 1.05. The van der Waals surface area contributed by atoms with Gasteiger partial charge in [0, 0.05) is 19.1 Å². The minimum absolute atomic E-state index is 0. The van der Waals surface area contributed by atoms with Gasteiger partial charge in [0.1, 0.15) is 0 Å². The van der Waals surface area contributed by atoms with Crippen LogP contribution in [-0.2, 0) is 10.2 Å². The lowest BCUT2D eigenvalue weighted by Crippen LogP contribution is -2.59. The molecule has 24 heavy (non-hydrogen) atoms. The molecule has 0 radical (unpaired) electrons. The number of carbonyl (C=O) groups excluding carboxylic acids is 1. The third-order valence-corrected chi connectivity index (χ3v) is 6.43. The van der Waals surface area contributed by atoms with Crippen molar-refractivity contribution >= 4 is 41.5 Å². The average molecular weight is 392 g/mol. The summed E-state index contributed by atoms with van der Waals surface area (Å²) in [6, 6.07) is 5.75. The van der Waals surface area contributed by atoms with E-state index in [9.17, 15) is 4.79 Å². The van der Waals surface area contributed by atoms with Crippen LogP contribution in [0.4, 0.5) is 0 Å². The molecule has 2 aliphatic rings. The van der Waals surface area contributed by atoms with Gasteiger partial charge in [0.2, 0.25) is 5.91 Å². The maximum Gasteiger partial charge on any atom is 0.233 e. The highest BCUT2D eigenvalue weighted by molar-refractivity contribution is 6.42. The van der Waals surface area contributed by atoms with Crippen LogP contribution in [0.25, 0.3) is 0 Å². The lowest BCUT2D eigenvalue weighted by atomic mass is 9.63. The molecule has 1 aromatic rings. The van der Waals surface area contributed by atoms with E-state index in [0.29, 0.717) is 10.0 Å². The maximum absolute atomic E-state index is 13.3. The molecule has 3 nitrogen and oxygen atoms in total. The van der Waals surface area contributed by atoms with Crippen LogP contribution in [0, 0.1) is 5.41 Å². The lowest BCUT2D eigenvalue weighted by molar-refractivity contribution is -0.144. The normalized spacial score (nSPS) is 24.7. The van der Waals surface area contributed by atoms with E-state index < -0.39 is 5.41 Å². The molecule has 0 bridgehead atoms. The Hall–Kier alpha value is -0.480. The molecule has 1 saturated heterocycles. The van der Waals surface area contributed by atoms with Crippen LogP contribution in [-0.4, -0.2) is 29.9 Å². The molecule has 3 rings (SSSR count). The summed E-state index contributed by atoms with van der Waals surface area (Å²) in [5.41, 5.74) is 6.73. The number of nitrogens with two attached hydrogens (primary N) is 1. The lowest BCUT2D eigenvalue weighted by Gasteiger charge is -2.49. The second-order valence-corrected chi connectivity index (χ2v) is 8.49. The van der Waals surface area contributed by atoms with Gasteiger partial charge in [0.15, 0.2) is 0 Å². The van der Waals surface area contributed by atoms with Gasteiger partial charge in [-0.3, -0.25) is 4.79 Å². The highest BCUT2D eigenvalue weighted by Gasteiger charge is 2.49. The fraction of sp³-hybridized carbons (Fsp3) is 0.611. The van der Waals surface area contributed by atoms with Gasteiger partial charge in [0.25, 0.3) is 0 Å². The van der Waals surface area contributed by atoms with Gasteiger partial charge >= 0.3 is 0 Å². The molecule has 2 fully saturated rings. The van der Waals surface area contributed by atoms with E-state index in [1.807, 2.05) is 17.0 Å². The van der Waals surface area contributed by atoms with Crippen LogP contribution in [0.15, 0.2) is 18.2 Å². The van der Waals surface area contributed by atoms with Crippen LogP contribution < -0.4 is 5.73 Å². The first-order chi connectivity index (χ1) is 10.8. The monoisotopic (exact) mass is 390 g/mol. The highest BCUT2D eigenvalue weighted by Crippen LogP contribution is 2.47. The Kier molecular flexibility index (Phi) is 5.81. The Balaban J connectivity index is 0.00000208. The van der Waals surface area contributed by atoms with E-state index in [1.165, 1.54) is 0 Å². The zero-order chi connectivity index (χ0) is 16.8. The zero-order valence-corrected chi connectivity index (χ0v) is 16.5. The summed E-state index contributed by atoms with van der Waals surface area (Å²) < 4.78 is 0. The summed E-state index contributed by atoms with van der Waals surface area (Å²) in [7, 11) is 0.